The smallest absolute Gasteiger partial charge is 0.279 e. The molecule has 0 heterocycles. The number of rotatable bonds is 10. The minimum Gasteiger partial charge on any atom is -0.497 e. The summed E-state index contributed by atoms with van der Waals surface area (Å²) >= 11 is 0. The summed E-state index contributed by atoms with van der Waals surface area (Å²) in [5.74, 6) is 1.28. The SMILES string of the molecule is CC[NH+](CC(=O)NCc1ccc(OC)cc1)CC(=O)Nc1ccc(OC)cc1. The Labute approximate surface area is 165 Å². The van der Waals surface area contributed by atoms with Crippen molar-refractivity contribution in [3.63, 3.8) is 0 Å². The second-order valence-electron chi connectivity index (χ2n) is 6.36. The fourth-order valence-electron chi connectivity index (χ4n) is 2.65. The Morgan fingerprint density at radius 1 is 0.857 bits per heavy atom. The van der Waals surface area contributed by atoms with Crippen molar-refractivity contribution in [2.24, 2.45) is 0 Å². The molecular weight excluding hydrogens is 358 g/mol. The third kappa shape index (κ3) is 6.92. The standard InChI is InChI=1S/C21H27N3O4/c1-4-24(15-21(26)23-17-7-11-19(28-3)12-8-17)14-20(25)22-13-16-5-9-18(27-2)10-6-16/h5-12H,4,13-15H2,1-3H3,(H,22,25)(H,23,26)/p+1. The number of amides is 2. The number of benzene rings is 2. The molecule has 150 valence electrons. The van der Waals surface area contributed by atoms with Gasteiger partial charge >= 0.3 is 0 Å². The van der Waals surface area contributed by atoms with Crippen LogP contribution in [0.4, 0.5) is 5.69 Å². The van der Waals surface area contributed by atoms with Crippen LogP contribution >= 0.6 is 0 Å². The molecule has 3 N–H and O–H groups in total. The predicted octanol–water partition coefficient (Wildman–Crippen LogP) is 0.864. The molecule has 0 saturated heterocycles. The van der Waals surface area contributed by atoms with Crippen molar-refractivity contribution in [2.75, 3.05) is 39.2 Å². The third-order valence-electron chi connectivity index (χ3n) is 4.34. The summed E-state index contributed by atoms with van der Waals surface area (Å²) in [4.78, 5) is 25.4. The van der Waals surface area contributed by atoms with E-state index in [-0.39, 0.29) is 24.9 Å². The van der Waals surface area contributed by atoms with Gasteiger partial charge in [0.25, 0.3) is 11.8 Å². The largest absolute Gasteiger partial charge is 0.497 e. The number of hydrogen-bond acceptors (Lipinski definition) is 4. The molecule has 2 aromatic rings. The van der Waals surface area contributed by atoms with Crippen LogP contribution in [0.2, 0.25) is 0 Å². The zero-order chi connectivity index (χ0) is 20.4. The van der Waals surface area contributed by atoms with E-state index in [2.05, 4.69) is 10.6 Å². The van der Waals surface area contributed by atoms with E-state index >= 15 is 0 Å². The maximum atomic E-state index is 12.3. The van der Waals surface area contributed by atoms with Gasteiger partial charge in [-0.3, -0.25) is 9.59 Å². The summed E-state index contributed by atoms with van der Waals surface area (Å²) in [7, 11) is 3.21. The maximum Gasteiger partial charge on any atom is 0.279 e. The molecule has 7 nitrogen and oxygen atoms in total. The lowest BCUT2D eigenvalue weighted by atomic mass is 10.2. The number of carbonyl (C=O) groups is 2. The van der Waals surface area contributed by atoms with E-state index in [1.54, 1.807) is 38.5 Å². The second kappa shape index (κ2) is 10.9. The minimum absolute atomic E-state index is 0.0927. The lowest BCUT2D eigenvalue weighted by Crippen LogP contribution is -3.13. The fourth-order valence-corrected chi connectivity index (χ4v) is 2.65. The summed E-state index contributed by atoms with van der Waals surface area (Å²) in [6.45, 7) is 3.53. The van der Waals surface area contributed by atoms with Crippen molar-refractivity contribution in [2.45, 2.75) is 13.5 Å². The number of nitrogens with one attached hydrogen (secondary N) is 3. The van der Waals surface area contributed by atoms with Crippen molar-refractivity contribution in [3.8, 4) is 11.5 Å². The Morgan fingerprint density at radius 2 is 1.39 bits per heavy atom. The lowest BCUT2D eigenvalue weighted by molar-refractivity contribution is -0.881. The van der Waals surface area contributed by atoms with Crippen LogP contribution in [0.3, 0.4) is 0 Å². The molecule has 0 aliphatic carbocycles. The number of carbonyl (C=O) groups excluding carboxylic acids is 2. The number of methoxy groups -OCH3 is 2. The summed E-state index contributed by atoms with van der Waals surface area (Å²) in [5.41, 5.74) is 1.69. The first-order valence-electron chi connectivity index (χ1n) is 9.21. The zero-order valence-electron chi connectivity index (χ0n) is 16.6. The number of quaternary nitrogens is 1. The van der Waals surface area contributed by atoms with E-state index in [1.165, 1.54) is 0 Å². The van der Waals surface area contributed by atoms with Crippen molar-refractivity contribution in [1.29, 1.82) is 0 Å². The molecule has 0 fully saturated rings. The van der Waals surface area contributed by atoms with Crippen LogP contribution < -0.4 is 25.0 Å². The molecule has 0 radical (unpaired) electrons. The summed E-state index contributed by atoms with van der Waals surface area (Å²) in [6, 6.07) is 14.7. The molecule has 28 heavy (non-hydrogen) atoms. The number of ether oxygens (including phenoxy) is 2. The van der Waals surface area contributed by atoms with Gasteiger partial charge in [-0.05, 0) is 48.9 Å². The molecule has 0 aromatic heterocycles. The normalized spacial score (nSPS) is 11.4. The van der Waals surface area contributed by atoms with Crippen LogP contribution in [0.25, 0.3) is 0 Å². The summed E-state index contributed by atoms with van der Waals surface area (Å²) in [5, 5.41) is 5.73. The molecule has 1 unspecified atom stereocenters. The first kappa shape index (κ1) is 21.2. The Morgan fingerprint density at radius 3 is 1.93 bits per heavy atom. The molecule has 2 rings (SSSR count). The van der Waals surface area contributed by atoms with E-state index < -0.39 is 0 Å². The first-order chi connectivity index (χ1) is 13.5. The van der Waals surface area contributed by atoms with Crippen LogP contribution in [0.1, 0.15) is 12.5 Å². The Balaban J connectivity index is 1.77. The molecule has 1 atom stereocenters. The van der Waals surface area contributed by atoms with E-state index in [0.717, 1.165) is 22.0 Å². The average molecular weight is 386 g/mol. The first-order valence-corrected chi connectivity index (χ1v) is 9.21. The molecule has 0 aliphatic rings. The van der Waals surface area contributed by atoms with Gasteiger partial charge < -0.3 is 25.0 Å². The molecule has 2 amide bonds. The van der Waals surface area contributed by atoms with Gasteiger partial charge in [0.2, 0.25) is 0 Å². The van der Waals surface area contributed by atoms with E-state index in [0.29, 0.717) is 18.8 Å². The minimum atomic E-state index is -0.134. The van der Waals surface area contributed by atoms with Crippen LogP contribution in [-0.2, 0) is 16.1 Å². The van der Waals surface area contributed by atoms with Gasteiger partial charge in [-0.15, -0.1) is 0 Å². The van der Waals surface area contributed by atoms with Crippen LogP contribution in [0, 0.1) is 0 Å². The van der Waals surface area contributed by atoms with Gasteiger partial charge in [-0.2, -0.15) is 0 Å². The predicted molar refractivity (Wildman–Crippen MR) is 108 cm³/mol. The molecule has 0 saturated carbocycles. The third-order valence-corrected chi connectivity index (χ3v) is 4.34. The maximum absolute atomic E-state index is 12.3. The van der Waals surface area contributed by atoms with Crippen LogP contribution in [0.5, 0.6) is 11.5 Å². The van der Waals surface area contributed by atoms with E-state index in [4.69, 9.17) is 9.47 Å². The molecule has 0 bridgehead atoms. The average Bonchev–Trinajstić information content (AvgIpc) is 2.72. The van der Waals surface area contributed by atoms with Gasteiger partial charge in [0.15, 0.2) is 13.1 Å². The van der Waals surface area contributed by atoms with Gasteiger partial charge in [0.1, 0.15) is 11.5 Å². The summed E-state index contributed by atoms with van der Waals surface area (Å²) < 4.78 is 10.2. The van der Waals surface area contributed by atoms with Gasteiger partial charge in [0.05, 0.1) is 20.8 Å². The quantitative estimate of drug-likeness (QED) is 0.566. The molecule has 7 heteroatoms. The highest BCUT2D eigenvalue weighted by Crippen LogP contribution is 2.14. The number of likely N-dealkylation sites (N-methyl/N-ethyl adjacent to an activating group) is 1. The van der Waals surface area contributed by atoms with Crippen molar-refractivity contribution in [1.82, 2.24) is 5.32 Å². The Hall–Kier alpha value is -3.06. The highest BCUT2D eigenvalue weighted by Gasteiger charge is 2.16. The second-order valence-corrected chi connectivity index (χ2v) is 6.36. The Kier molecular flexibility index (Phi) is 8.30. The lowest BCUT2D eigenvalue weighted by Gasteiger charge is -2.17. The number of anilines is 1. The fraction of sp³-hybridized carbons (Fsp3) is 0.333. The highest BCUT2D eigenvalue weighted by molar-refractivity contribution is 5.91. The molecule has 2 aromatic carbocycles. The van der Waals surface area contributed by atoms with Crippen molar-refractivity contribution < 1.29 is 24.0 Å². The molecule has 0 spiro atoms. The van der Waals surface area contributed by atoms with Crippen LogP contribution in [-0.4, -0.2) is 45.7 Å². The summed E-state index contributed by atoms with van der Waals surface area (Å²) in [6.07, 6.45) is 0. The van der Waals surface area contributed by atoms with E-state index in [9.17, 15) is 9.59 Å². The molecule has 0 aliphatic heterocycles. The Bertz CT molecular complexity index is 760. The van der Waals surface area contributed by atoms with Gasteiger partial charge in [-0.1, -0.05) is 12.1 Å². The monoisotopic (exact) mass is 386 g/mol. The zero-order valence-corrected chi connectivity index (χ0v) is 16.6. The molecular formula is C21H28N3O4+. The van der Waals surface area contributed by atoms with Gasteiger partial charge in [0, 0.05) is 12.2 Å². The van der Waals surface area contributed by atoms with Crippen molar-refractivity contribution in [3.05, 3.63) is 54.1 Å². The van der Waals surface area contributed by atoms with E-state index in [1.807, 2.05) is 31.2 Å². The van der Waals surface area contributed by atoms with Crippen LogP contribution in [0.15, 0.2) is 48.5 Å². The van der Waals surface area contributed by atoms with Gasteiger partial charge in [-0.25, -0.2) is 0 Å². The van der Waals surface area contributed by atoms with Crippen molar-refractivity contribution >= 4 is 17.5 Å². The highest BCUT2D eigenvalue weighted by atomic mass is 16.5. The number of hydrogen-bond donors (Lipinski definition) is 3. The topological polar surface area (TPSA) is 81.1 Å².